The third-order valence-electron chi connectivity index (χ3n) is 3.05. The molecular weight excluding hydrogens is 242 g/mol. The van der Waals surface area contributed by atoms with Gasteiger partial charge in [-0.1, -0.05) is 13.8 Å². The third kappa shape index (κ3) is 4.27. The fourth-order valence-corrected chi connectivity index (χ4v) is 3.61. The Bertz CT molecular complexity index is 375. The van der Waals surface area contributed by atoms with Gasteiger partial charge in [0.15, 0.2) is 0 Å². The van der Waals surface area contributed by atoms with Crippen molar-refractivity contribution in [3.8, 4) is 0 Å². The highest BCUT2D eigenvalue weighted by molar-refractivity contribution is 7.89. The van der Waals surface area contributed by atoms with Crippen molar-refractivity contribution in [1.29, 1.82) is 0 Å². The van der Waals surface area contributed by atoms with Crippen molar-refractivity contribution in [2.24, 2.45) is 5.41 Å². The molecule has 0 aromatic rings. The van der Waals surface area contributed by atoms with Gasteiger partial charge in [-0.15, -0.1) is 0 Å². The van der Waals surface area contributed by atoms with Crippen LogP contribution in [0.25, 0.3) is 0 Å². The summed E-state index contributed by atoms with van der Waals surface area (Å²) >= 11 is 0. The first kappa shape index (κ1) is 14.4. The van der Waals surface area contributed by atoms with E-state index in [0.717, 1.165) is 6.42 Å². The van der Waals surface area contributed by atoms with Crippen LogP contribution in [-0.2, 0) is 19.6 Å². The molecule has 1 saturated heterocycles. The standard InChI is InChI=1S/C11H21NO4S/c1-11(2)6-7-12(9-11)17(14,15)8-4-5-10(13)16-3/h4-9H2,1-3H3. The maximum atomic E-state index is 12.0. The van der Waals surface area contributed by atoms with Crippen LogP contribution < -0.4 is 0 Å². The van der Waals surface area contributed by atoms with Crippen LogP contribution in [0.3, 0.4) is 0 Å². The summed E-state index contributed by atoms with van der Waals surface area (Å²) in [4.78, 5) is 10.9. The van der Waals surface area contributed by atoms with E-state index >= 15 is 0 Å². The molecule has 0 bridgehead atoms. The molecule has 0 radical (unpaired) electrons. The minimum Gasteiger partial charge on any atom is -0.469 e. The molecule has 1 rings (SSSR count). The van der Waals surface area contributed by atoms with Crippen LogP contribution in [0.4, 0.5) is 0 Å². The van der Waals surface area contributed by atoms with E-state index in [9.17, 15) is 13.2 Å². The van der Waals surface area contributed by atoms with E-state index < -0.39 is 10.0 Å². The first-order valence-electron chi connectivity index (χ1n) is 5.81. The van der Waals surface area contributed by atoms with E-state index in [4.69, 9.17) is 0 Å². The van der Waals surface area contributed by atoms with Crippen LogP contribution in [0, 0.1) is 5.41 Å². The summed E-state index contributed by atoms with van der Waals surface area (Å²) in [7, 11) is -1.90. The van der Waals surface area contributed by atoms with Gasteiger partial charge in [-0.05, 0) is 18.3 Å². The Kier molecular flexibility index (Phi) is 4.55. The van der Waals surface area contributed by atoms with Crippen molar-refractivity contribution in [2.45, 2.75) is 33.1 Å². The predicted molar refractivity (Wildman–Crippen MR) is 65.0 cm³/mol. The molecule has 0 aromatic carbocycles. The minimum absolute atomic E-state index is 0.0260. The zero-order chi connectivity index (χ0) is 13.1. The lowest BCUT2D eigenvalue weighted by Gasteiger charge is -2.19. The predicted octanol–water partition coefficient (Wildman–Crippen LogP) is 1.00. The number of rotatable bonds is 5. The van der Waals surface area contributed by atoms with Crippen molar-refractivity contribution in [3.05, 3.63) is 0 Å². The van der Waals surface area contributed by atoms with Gasteiger partial charge in [-0.3, -0.25) is 4.79 Å². The second-order valence-electron chi connectivity index (χ2n) is 5.24. The number of esters is 1. The summed E-state index contributed by atoms with van der Waals surface area (Å²) in [6.07, 6.45) is 1.38. The number of nitrogens with zero attached hydrogens (tertiary/aromatic N) is 1. The fourth-order valence-electron chi connectivity index (χ4n) is 1.93. The first-order valence-corrected chi connectivity index (χ1v) is 7.42. The molecule has 1 aliphatic heterocycles. The molecule has 100 valence electrons. The van der Waals surface area contributed by atoms with Gasteiger partial charge in [-0.25, -0.2) is 12.7 Å². The maximum Gasteiger partial charge on any atom is 0.305 e. The lowest BCUT2D eigenvalue weighted by molar-refractivity contribution is -0.140. The van der Waals surface area contributed by atoms with E-state index in [1.165, 1.54) is 11.4 Å². The summed E-state index contributed by atoms with van der Waals surface area (Å²) in [6.45, 7) is 5.30. The molecule has 0 atom stereocenters. The monoisotopic (exact) mass is 263 g/mol. The first-order chi connectivity index (χ1) is 7.77. The number of sulfonamides is 1. The van der Waals surface area contributed by atoms with Crippen LogP contribution in [0.2, 0.25) is 0 Å². The van der Waals surface area contributed by atoms with E-state index in [-0.39, 0.29) is 23.6 Å². The second kappa shape index (κ2) is 5.35. The molecule has 0 amide bonds. The molecule has 0 unspecified atom stereocenters. The SMILES string of the molecule is COC(=O)CCCS(=O)(=O)N1CCC(C)(C)C1. The molecule has 0 aromatic heterocycles. The topological polar surface area (TPSA) is 63.7 Å². The summed E-state index contributed by atoms with van der Waals surface area (Å²) in [6, 6.07) is 0. The molecule has 0 N–H and O–H groups in total. The van der Waals surface area contributed by atoms with Crippen LogP contribution in [-0.4, -0.2) is 44.6 Å². The van der Waals surface area contributed by atoms with Crippen LogP contribution in [0.15, 0.2) is 0 Å². The highest BCUT2D eigenvalue weighted by Crippen LogP contribution is 2.30. The summed E-state index contributed by atoms with van der Waals surface area (Å²) < 4.78 is 29.9. The molecule has 0 spiro atoms. The zero-order valence-corrected chi connectivity index (χ0v) is 11.5. The van der Waals surface area contributed by atoms with Gasteiger partial charge in [0.25, 0.3) is 0 Å². The van der Waals surface area contributed by atoms with Crippen molar-refractivity contribution >= 4 is 16.0 Å². The van der Waals surface area contributed by atoms with Crippen molar-refractivity contribution in [3.63, 3.8) is 0 Å². The molecule has 0 saturated carbocycles. The van der Waals surface area contributed by atoms with Gasteiger partial charge in [-0.2, -0.15) is 0 Å². The van der Waals surface area contributed by atoms with Gasteiger partial charge in [0.2, 0.25) is 10.0 Å². The quantitative estimate of drug-likeness (QED) is 0.694. The molecule has 1 aliphatic rings. The van der Waals surface area contributed by atoms with E-state index in [1.54, 1.807) is 0 Å². The van der Waals surface area contributed by atoms with Crippen LogP contribution >= 0.6 is 0 Å². The van der Waals surface area contributed by atoms with Gasteiger partial charge in [0.05, 0.1) is 12.9 Å². The van der Waals surface area contributed by atoms with E-state index in [0.29, 0.717) is 19.5 Å². The molecule has 17 heavy (non-hydrogen) atoms. The Labute approximate surface area is 103 Å². The van der Waals surface area contributed by atoms with Crippen molar-refractivity contribution in [2.75, 3.05) is 26.0 Å². The highest BCUT2D eigenvalue weighted by Gasteiger charge is 2.35. The number of carbonyl (C=O) groups excluding carboxylic acids is 1. The van der Waals surface area contributed by atoms with Gasteiger partial charge < -0.3 is 4.74 Å². The van der Waals surface area contributed by atoms with E-state index in [1.807, 2.05) is 0 Å². The Morgan fingerprint density at radius 1 is 1.41 bits per heavy atom. The third-order valence-corrected chi connectivity index (χ3v) is 4.95. The van der Waals surface area contributed by atoms with Gasteiger partial charge in [0, 0.05) is 19.5 Å². The highest BCUT2D eigenvalue weighted by atomic mass is 32.2. The minimum atomic E-state index is -3.21. The Morgan fingerprint density at radius 2 is 2.06 bits per heavy atom. The number of methoxy groups -OCH3 is 1. The average molecular weight is 263 g/mol. The summed E-state index contributed by atoms with van der Waals surface area (Å²) in [5.41, 5.74) is 0.0649. The summed E-state index contributed by atoms with van der Waals surface area (Å²) in [5.74, 6) is -0.333. The molecule has 1 fully saturated rings. The number of carbonyl (C=O) groups is 1. The lowest BCUT2D eigenvalue weighted by Crippen LogP contribution is -2.32. The number of ether oxygens (including phenoxy) is 1. The molecule has 0 aliphatic carbocycles. The average Bonchev–Trinajstić information content (AvgIpc) is 2.59. The molecule has 5 nitrogen and oxygen atoms in total. The zero-order valence-electron chi connectivity index (χ0n) is 10.7. The normalized spacial score (nSPS) is 20.4. The largest absolute Gasteiger partial charge is 0.469 e. The van der Waals surface area contributed by atoms with Crippen LogP contribution in [0.1, 0.15) is 33.1 Å². The summed E-state index contributed by atoms with van der Waals surface area (Å²) in [5, 5.41) is 0. The lowest BCUT2D eigenvalue weighted by atomic mass is 9.93. The Morgan fingerprint density at radius 3 is 2.53 bits per heavy atom. The molecular formula is C11H21NO4S. The van der Waals surface area contributed by atoms with E-state index in [2.05, 4.69) is 18.6 Å². The number of hydrogen-bond acceptors (Lipinski definition) is 4. The molecule has 6 heteroatoms. The smallest absolute Gasteiger partial charge is 0.305 e. The Hall–Kier alpha value is -0.620. The van der Waals surface area contributed by atoms with Gasteiger partial charge in [0.1, 0.15) is 0 Å². The van der Waals surface area contributed by atoms with Crippen LogP contribution in [0.5, 0.6) is 0 Å². The maximum absolute atomic E-state index is 12.0. The second-order valence-corrected chi connectivity index (χ2v) is 7.33. The van der Waals surface area contributed by atoms with Crippen molar-refractivity contribution in [1.82, 2.24) is 4.31 Å². The van der Waals surface area contributed by atoms with Crippen molar-refractivity contribution < 1.29 is 17.9 Å². The number of hydrogen-bond donors (Lipinski definition) is 0. The fraction of sp³-hybridized carbons (Fsp3) is 0.909. The Balaban J connectivity index is 2.44. The molecule has 1 heterocycles. The van der Waals surface area contributed by atoms with Gasteiger partial charge >= 0.3 is 5.97 Å².